The van der Waals surface area contributed by atoms with E-state index in [1.54, 1.807) is 0 Å². The fourth-order valence-corrected chi connectivity index (χ4v) is 5.75. The number of rotatable bonds is 4. The molecule has 0 aromatic heterocycles. The van der Waals surface area contributed by atoms with Gasteiger partial charge in [0.15, 0.2) is 17.6 Å². The molecule has 3 amide bonds. The van der Waals surface area contributed by atoms with Gasteiger partial charge in [-0.1, -0.05) is 0 Å². The summed E-state index contributed by atoms with van der Waals surface area (Å²) in [4.78, 5) is 39.2. The summed E-state index contributed by atoms with van der Waals surface area (Å²) < 4.78 is 80.4. The van der Waals surface area contributed by atoms with Crippen molar-refractivity contribution in [2.75, 3.05) is 13.1 Å². The van der Waals surface area contributed by atoms with E-state index in [9.17, 15) is 50.9 Å². The Morgan fingerprint density at radius 1 is 1.05 bits per heavy atom. The topological polar surface area (TPSA) is 194 Å². The van der Waals surface area contributed by atoms with Crippen LogP contribution in [-0.2, 0) is 21.9 Å². The van der Waals surface area contributed by atoms with Gasteiger partial charge in [-0.2, -0.15) is 26.3 Å². The number of alkyl halides is 6. The normalized spacial score (nSPS) is 29.1. The van der Waals surface area contributed by atoms with Crippen LogP contribution < -0.4 is 21.3 Å². The van der Waals surface area contributed by atoms with Crippen LogP contribution in [0.1, 0.15) is 34.3 Å². The van der Waals surface area contributed by atoms with E-state index in [1.165, 1.54) is 0 Å². The van der Waals surface area contributed by atoms with Crippen molar-refractivity contribution in [3.63, 3.8) is 0 Å². The van der Waals surface area contributed by atoms with E-state index in [1.807, 2.05) is 5.32 Å². The highest BCUT2D eigenvalue weighted by Gasteiger charge is 2.74. The molecule has 222 valence electrons. The van der Waals surface area contributed by atoms with Gasteiger partial charge in [-0.05, 0) is 18.2 Å². The van der Waals surface area contributed by atoms with Crippen molar-refractivity contribution in [3.8, 4) is 0 Å². The second kappa shape index (κ2) is 8.93. The zero-order valence-corrected chi connectivity index (χ0v) is 20.6. The molecule has 4 atom stereocenters. The van der Waals surface area contributed by atoms with Gasteiger partial charge in [0.25, 0.3) is 5.91 Å². The standard InChI is InChI=1S/C22H22F6N8O5/c23-21(24,25)8-1-2-10(22(26,27)28)9(5-8)16(39)32-12-7-36-18(30)31-11(6-35-13(37)3-4-14(35)38)15-19(36,20(12,40)41)34-17(29)33-15/h1-2,5,11-12,15,40-41H,3-4,6-7H2,(H2,30,31)(H,32,39)(H3,29,33,34)/t11-,12?,15?,19-/m0/s1. The summed E-state index contributed by atoms with van der Waals surface area (Å²) in [6.45, 7) is -1.01. The molecule has 4 fully saturated rings. The van der Waals surface area contributed by atoms with Crippen molar-refractivity contribution >= 4 is 29.6 Å². The van der Waals surface area contributed by atoms with Gasteiger partial charge in [-0.15, -0.1) is 0 Å². The van der Waals surface area contributed by atoms with Crippen molar-refractivity contribution in [2.24, 2.45) is 0 Å². The maximum atomic E-state index is 13.6. The van der Waals surface area contributed by atoms with Crippen LogP contribution >= 0.6 is 0 Å². The van der Waals surface area contributed by atoms with E-state index >= 15 is 0 Å². The molecule has 41 heavy (non-hydrogen) atoms. The van der Waals surface area contributed by atoms with Crippen molar-refractivity contribution in [1.82, 2.24) is 31.1 Å². The second-order valence-electron chi connectivity index (χ2n) is 10.0. The van der Waals surface area contributed by atoms with Gasteiger partial charge in [0.05, 0.1) is 35.3 Å². The summed E-state index contributed by atoms with van der Waals surface area (Å²) in [6, 6.07) is -4.04. The van der Waals surface area contributed by atoms with E-state index in [2.05, 4.69) is 16.0 Å². The third-order valence-electron chi connectivity index (χ3n) is 7.63. The average molecular weight is 592 g/mol. The van der Waals surface area contributed by atoms with Gasteiger partial charge in [-0.25, -0.2) is 0 Å². The highest BCUT2D eigenvalue weighted by atomic mass is 19.4. The summed E-state index contributed by atoms with van der Waals surface area (Å²) in [5.74, 6) is -6.92. The Hall–Kier alpha value is -4.13. The number of guanidine groups is 2. The summed E-state index contributed by atoms with van der Waals surface area (Å²) in [5, 5.41) is 49.0. The fraction of sp³-hybridized carbons (Fsp3) is 0.500. The number of aliphatic hydroxyl groups is 2. The monoisotopic (exact) mass is 592 g/mol. The number of hydrogen-bond donors (Lipinski definition) is 8. The van der Waals surface area contributed by atoms with E-state index in [-0.39, 0.29) is 37.6 Å². The van der Waals surface area contributed by atoms with Crippen molar-refractivity contribution in [2.45, 2.75) is 54.8 Å². The van der Waals surface area contributed by atoms with Crippen molar-refractivity contribution in [1.29, 1.82) is 10.8 Å². The number of imide groups is 1. The first kappa shape index (κ1) is 28.4. The van der Waals surface area contributed by atoms with Crippen molar-refractivity contribution in [3.05, 3.63) is 34.9 Å². The zero-order valence-electron chi connectivity index (χ0n) is 20.6. The predicted octanol–water partition coefficient (Wildman–Crippen LogP) is -0.933. The molecule has 0 saturated carbocycles. The van der Waals surface area contributed by atoms with Gasteiger partial charge in [-0.3, -0.25) is 30.1 Å². The third-order valence-corrected chi connectivity index (χ3v) is 7.63. The molecule has 1 aromatic carbocycles. The first-order valence-corrected chi connectivity index (χ1v) is 12.0. The van der Waals surface area contributed by atoms with Crippen molar-refractivity contribution < 1.29 is 50.9 Å². The minimum absolute atomic E-state index is 0.00722. The molecular formula is C22H22F6N8O5. The molecule has 0 radical (unpaired) electrons. The zero-order chi connectivity index (χ0) is 30.3. The van der Waals surface area contributed by atoms with Gasteiger partial charge >= 0.3 is 12.4 Å². The van der Waals surface area contributed by atoms with Crippen LogP contribution in [0, 0.1) is 10.8 Å². The number of likely N-dealkylation sites (tertiary alicyclic amines) is 1. The van der Waals surface area contributed by atoms with Gasteiger partial charge in [0.2, 0.25) is 17.6 Å². The van der Waals surface area contributed by atoms with Gasteiger partial charge in [0.1, 0.15) is 6.04 Å². The number of carbonyl (C=O) groups excluding carboxylic acids is 3. The van der Waals surface area contributed by atoms with Crippen LogP contribution in [0.15, 0.2) is 18.2 Å². The molecule has 1 aromatic rings. The van der Waals surface area contributed by atoms with Crippen LogP contribution in [0.2, 0.25) is 0 Å². The Bertz CT molecular complexity index is 1350. The molecule has 1 spiro atoms. The number of benzene rings is 1. The van der Waals surface area contributed by atoms with Crippen LogP contribution in [0.3, 0.4) is 0 Å². The molecule has 0 aliphatic carbocycles. The molecule has 4 saturated heterocycles. The van der Waals surface area contributed by atoms with Crippen LogP contribution in [-0.4, -0.2) is 92.3 Å². The number of carbonyl (C=O) groups is 3. The van der Waals surface area contributed by atoms with Crippen LogP contribution in [0.4, 0.5) is 26.3 Å². The van der Waals surface area contributed by atoms with E-state index in [4.69, 9.17) is 10.8 Å². The summed E-state index contributed by atoms with van der Waals surface area (Å²) in [5.41, 5.74) is -6.91. The third kappa shape index (κ3) is 4.30. The van der Waals surface area contributed by atoms with E-state index < -0.39 is 94.8 Å². The Morgan fingerprint density at radius 2 is 1.68 bits per heavy atom. The molecule has 19 heteroatoms. The Kier molecular flexibility index (Phi) is 6.19. The Labute approximate surface area is 225 Å². The van der Waals surface area contributed by atoms with Crippen LogP contribution in [0.25, 0.3) is 0 Å². The van der Waals surface area contributed by atoms with E-state index in [0.717, 1.165) is 9.80 Å². The molecular weight excluding hydrogens is 570 g/mol. The Morgan fingerprint density at radius 3 is 2.27 bits per heavy atom. The molecule has 4 heterocycles. The summed E-state index contributed by atoms with van der Waals surface area (Å²) in [7, 11) is 0. The average Bonchev–Trinajstić information content (AvgIpc) is 3.45. The maximum Gasteiger partial charge on any atom is 0.417 e. The number of halogens is 6. The minimum Gasteiger partial charge on any atom is -0.361 e. The van der Waals surface area contributed by atoms with Crippen LogP contribution in [0.5, 0.6) is 0 Å². The lowest BCUT2D eigenvalue weighted by molar-refractivity contribution is -0.232. The molecule has 13 nitrogen and oxygen atoms in total. The Balaban J connectivity index is 1.49. The molecule has 4 aliphatic rings. The largest absolute Gasteiger partial charge is 0.417 e. The lowest BCUT2D eigenvalue weighted by Gasteiger charge is -2.51. The maximum absolute atomic E-state index is 13.6. The molecule has 8 N–H and O–H groups in total. The molecule has 2 unspecified atom stereocenters. The highest BCUT2D eigenvalue weighted by Crippen LogP contribution is 2.44. The molecule has 5 rings (SSSR count). The first-order chi connectivity index (χ1) is 18.9. The minimum atomic E-state index is -5.24. The summed E-state index contributed by atoms with van der Waals surface area (Å²) >= 11 is 0. The SMILES string of the molecule is N=C1NC2[C@H](CN3C(=O)CCC3=O)NC(=N)N3CC(NC(=O)c4cc(C(F)(F)F)ccc4C(F)(F)F)C(O)(O)[C@]23N1. The first-order valence-electron chi connectivity index (χ1n) is 12.0. The van der Waals surface area contributed by atoms with E-state index in [0.29, 0.717) is 0 Å². The quantitative estimate of drug-likeness (QED) is 0.124. The fourth-order valence-electron chi connectivity index (χ4n) is 5.75. The van der Waals surface area contributed by atoms with Gasteiger partial charge < -0.3 is 36.4 Å². The smallest absolute Gasteiger partial charge is 0.361 e. The highest BCUT2D eigenvalue weighted by molar-refractivity contribution is 6.02. The second-order valence-corrected chi connectivity index (χ2v) is 10.0. The lowest BCUT2D eigenvalue weighted by Crippen LogP contribution is -2.81. The molecule has 4 aliphatic heterocycles. The lowest BCUT2D eigenvalue weighted by atomic mass is 9.84. The number of amides is 3. The number of hydrogen-bond acceptors (Lipinski definition) is 7. The number of nitrogens with zero attached hydrogens (tertiary/aromatic N) is 2. The summed E-state index contributed by atoms with van der Waals surface area (Å²) in [6.07, 6.45) is -10.4. The molecule has 0 bridgehead atoms. The van der Waals surface area contributed by atoms with Gasteiger partial charge in [0, 0.05) is 19.4 Å². The predicted molar refractivity (Wildman–Crippen MR) is 123 cm³/mol. The number of nitrogens with one attached hydrogen (secondary N) is 6.